The molecule has 7 heteroatoms. The third-order valence-electron chi connectivity index (χ3n) is 2.35. The first kappa shape index (κ1) is 15.3. The summed E-state index contributed by atoms with van der Waals surface area (Å²) in [6.07, 6.45) is -0.0680. The quantitative estimate of drug-likeness (QED) is 0.809. The number of hydrogen-bond donors (Lipinski definition) is 2. The Balaban J connectivity index is 2.72. The average Bonchev–Trinajstić information content (AvgIpc) is 2.36. The molecule has 1 atom stereocenters. The highest BCUT2D eigenvalue weighted by Crippen LogP contribution is 2.28. The van der Waals surface area contributed by atoms with Crippen molar-refractivity contribution in [3.05, 3.63) is 16.1 Å². The second kappa shape index (κ2) is 7.63. The van der Waals surface area contributed by atoms with Gasteiger partial charge in [0.05, 0.1) is 22.8 Å². The fourth-order valence-electron chi connectivity index (χ4n) is 1.37. The van der Waals surface area contributed by atoms with Crippen molar-refractivity contribution in [1.82, 2.24) is 4.98 Å². The molecule has 0 amide bonds. The zero-order valence-electron chi connectivity index (χ0n) is 10.6. The van der Waals surface area contributed by atoms with Crippen molar-refractivity contribution in [3.63, 3.8) is 0 Å². The molecule has 0 radical (unpaired) electrons. The van der Waals surface area contributed by atoms with E-state index in [0.29, 0.717) is 34.8 Å². The highest BCUT2D eigenvalue weighted by atomic mass is 35.5. The van der Waals surface area contributed by atoms with Crippen LogP contribution in [0.3, 0.4) is 0 Å². The summed E-state index contributed by atoms with van der Waals surface area (Å²) in [4.78, 5) is 4.27. The van der Waals surface area contributed by atoms with E-state index in [1.54, 1.807) is 27.3 Å². The first-order valence-electron chi connectivity index (χ1n) is 5.41. The van der Waals surface area contributed by atoms with Crippen LogP contribution in [0.1, 0.15) is 0 Å². The lowest BCUT2D eigenvalue weighted by atomic mass is 10.3. The number of nitrogens with zero attached hydrogens (tertiary/aromatic N) is 1. The van der Waals surface area contributed by atoms with Crippen molar-refractivity contribution in [3.8, 4) is 0 Å². The second-order valence-corrected chi connectivity index (χ2v) is 4.41. The molecule has 1 heterocycles. The first-order chi connectivity index (χ1) is 8.62. The fourth-order valence-corrected chi connectivity index (χ4v) is 1.89. The summed E-state index contributed by atoms with van der Waals surface area (Å²) in [5.41, 5.74) is 0. The summed E-state index contributed by atoms with van der Waals surface area (Å²) in [5, 5.41) is 6.94. The molecule has 5 nitrogen and oxygen atoms in total. The van der Waals surface area contributed by atoms with E-state index in [4.69, 9.17) is 32.7 Å². The van der Waals surface area contributed by atoms with Crippen molar-refractivity contribution < 1.29 is 9.47 Å². The molecule has 0 aliphatic carbocycles. The van der Waals surface area contributed by atoms with Gasteiger partial charge in [0.15, 0.2) is 0 Å². The Hall–Kier alpha value is -0.750. The summed E-state index contributed by atoms with van der Waals surface area (Å²) in [7, 11) is 4.99. The Morgan fingerprint density at radius 2 is 1.94 bits per heavy atom. The molecular weight excluding hydrogens is 277 g/mol. The minimum atomic E-state index is -0.0680. The van der Waals surface area contributed by atoms with E-state index in [1.165, 1.54) is 0 Å². The zero-order valence-corrected chi connectivity index (χ0v) is 12.1. The van der Waals surface area contributed by atoms with Gasteiger partial charge in [-0.1, -0.05) is 23.2 Å². The lowest BCUT2D eigenvalue weighted by Crippen LogP contribution is -2.27. The molecule has 0 aliphatic heterocycles. The third-order valence-corrected chi connectivity index (χ3v) is 2.93. The fraction of sp³-hybridized carbons (Fsp3) is 0.545. The minimum Gasteiger partial charge on any atom is -0.382 e. The number of nitrogens with one attached hydrogen (secondary N) is 2. The Bertz CT molecular complexity index is 391. The monoisotopic (exact) mass is 293 g/mol. The standard InChI is InChI=1S/C11H17Cl2N3O2/c1-14-10-8(12)4-9(13)11(16-10)15-5-7(18-3)6-17-2/h4,7H,5-6H2,1-3H3,(H2,14,15,16). The molecule has 1 rings (SSSR count). The van der Waals surface area contributed by atoms with Crippen molar-refractivity contribution in [1.29, 1.82) is 0 Å². The van der Waals surface area contributed by atoms with Crippen molar-refractivity contribution in [2.75, 3.05) is 45.1 Å². The van der Waals surface area contributed by atoms with Gasteiger partial charge in [-0.15, -0.1) is 0 Å². The van der Waals surface area contributed by atoms with Gasteiger partial charge in [-0.3, -0.25) is 0 Å². The summed E-state index contributed by atoms with van der Waals surface area (Å²) in [6, 6.07) is 1.64. The van der Waals surface area contributed by atoms with Crippen LogP contribution in [-0.4, -0.2) is 45.5 Å². The number of hydrogen-bond acceptors (Lipinski definition) is 5. The SMILES string of the molecule is CNc1nc(NCC(COC)OC)c(Cl)cc1Cl. The third kappa shape index (κ3) is 4.17. The Morgan fingerprint density at radius 1 is 1.28 bits per heavy atom. The molecule has 0 aromatic carbocycles. The number of anilines is 2. The topological polar surface area (TPSA) is 55.4 Å². The minimum absolute atomic E-state index is 0.0680. The van der Waals surface area contributed by atoms with Crippen LogP contribution in [0.4, 0.5) is 11.6 Å². The van der Waals surface area contributed by atoms with Crippen LogP contribution in [0.5, 0.6) is 0 Å². The molecule has 0 fully saturated rings. The van der Waals surface area contributed by atoms with Gasteiger partial charge >= 0.3 is 0 Å². The van der Waals surface area contributed by atoms with E-state index in [-0.39, 0.29) is 6.10 Å². The van der Waals surface area contributed by atoms with Gasteiger partial charge in [0.2, 0.25) is 0 Å². The van der Waals surface area contributed by atoms with Crippen molar-refractivity contribution >= 4 is 34.8 Å². The number of pyridine rings is 1. The lowest BCUT2D eigenvalue weighted by Gasteiger charge is -2.16. The van der Waals surface area contributed by atoms with Gasteiger partial charge < -0.3 is 20.1 Å². The lowest BCUT2D eigenvalue weighted by molar-refractivity contribution is 0.0365. The van der Waals surface area contributed by atoms with E-state index in [1.807, 2.05) is 0 Å². The first-order valence-corrected chi connectivity index (χ1v) is 6.17. The highest BCUT2D eigenvalue weighted by molar-refractivity contribution is 6.37. The summed E-state index contributed by atoms with van der Waals surface area (Å²) < 4.78 is 10.3. The summed E-state index contributed by atoms with van der Waals surface area (Å²) >= 11 is 12.0. The van der Waals surface area contributed by atoms with Crippen LogP contribution < -0.4 is 10.6 Å². The van der Waals surface area contributed by atoms with Gasteiger partial charge in [-0.05, 0) is 6.07 Å². The van der Waals surface area contributed by atoms with Gasteiger partial charge in [-0.2, -0.15) is 0 Å². The van der Waals surface area contributed by atoms with Crippen LogP contribution in [0, 0.1) is 0 Å². The summed E-state index contributed by atoms with van der Waals surface area (Å²) in [6.45, 7) is 1.04. The molecular formula is C11H17Cl2N3O2. The average molecular weight is 294 g/mol. The maximum atomic E-state index is 6.05. The molecule has 18 heavy (non-hydrogen) atoms. The van der Waals surface area contributed by atoms with E-state index in [9.17, 15) is 0 Å². The van der Waals surface area contributed by atoms with Crippen LogP contribution in [0.2, 0.25) is 10.0 Å². The molecule has 0 saturated heterocycles. The number of aromatic nitrogens is 1. The maximum absolute atomic E-state index is 6.05. The van der Waals surface area contributed by atoms with E-state index in [0.717, 1.165) is 0 Å². The maximum Gasteiger partial charge on any atom is 0.147 e. The number of rotatable bonds is 7. The highest BCUT2D eigenvalue weighted by Gasteiger charge is 2.11. The number of halogens is 2. The van der Waals surface area contributed by atoms with Gasteiger partial charge in [0.1, 0.15) is 11.6 Å². The second-order valence-electron chi connectivity index (χ2n) is 3.59. The molecule has 0 aliphatic rings. The van der Waals surface area contributed by atoms with Crippen molar-refractivity contribution in [2.45, 2.75) is 6.10 Å². The molecule has 2 N–H and O–H groups in total. The molecule has 1 aromatic heterocycles. The van der Waals surface area contributed by atoms with Crippen LogP contribution in [0.25, 0.3) is 0 Å². The Labute approximate surface area is 117 Å². The van der Waals surface area contributed by atoms with E-state index >= 15 is 0 Å². The smallest absolute Gasteiger partial charge is 0.147 e. The molecule has 1 unspecified atom stereocenters. The Morgan fingerprint density at radius 3 is 2.50 bits per heavy atom. The van der Waals surface area contributed by atoms with E-state index in [2.05, 4.69) is 15.6 Å². The van der Waals surface area contributed by atoms with Gasteiger partial charge in [0.25, 0.3) is 0 Å². The number of ether oxygens (including phenoxy) is 2. The molecule has 0 saturated carbocycles. The normalized spacial score (nSPS) is 12.3. The van der Waals surface area contributed by atoms with Gasteiger partial charge in [0, 0.05) is 27.8 Å². The van der Waals surface area contributed by atoms with Crippen molar-refractivity contribution in [2.24, 2.45) is 0 Å². The van der Waals surface area contributed by atoms with E-state index < -0.39 is 0 Å². The predicted molar refractivity (Wildman–Crippen MR) is 75.0 cm³/mol. The Kier molecular flexibility index (Phi) is 6.49. The largest absolute Gasteiger partial charge is 0.382 e. The predicted octanol–water partition coefficient (Wildman–Crippen LogP) is 2.50. The van der Waals surface area contributed by atoms with Gasteiger partial charge in [-0.25, -0.2) is 4.98 Å². The molecule has 0 bridgehead atoms. The number of methoxy groups -OCH3 is 2. The summed E-state index contributed by atoms with van der Waals surface area (Å²) in [5.74, 6) is 1.13. The molecule has 1 aromatic rings. The molecule has 0 spiro atoms. The van der Waals surface area contributed by atoms with Crippen LogP contribution in [-0.2, 0) is 9.47 Å². The molecule has 102 valence electrons. The van der Waals surface area contributed by atoms with Crippen LogP contribution >= 0.6 is 23.2 Å². The zero-order chi connectivity index (χ0) is 13.5. The van der Waals surface area contributed by atoms with Crippen LogP contribution in [0.15, 0.2) is 6.07 Å².